The summed E-state index contributed by atoms with van der Waals surface area (Å²) in [5.41, 5.74) is 6.38. The van der Waals surface area contributed by atoms with E-state index in [0.29, 0.717) is 11.5 Å². The number of hydrogen-bond acceptors (Lipinski definition) is 2. The van der Waals surface area contributed by atoms with Gasteiger partial charge in [-0.2, -0.15) is 0 Å². The molecule has 0 saturated carbocycles. The van der Waals surface area contributed by atoms with Crippen LogP contribution in [0.5, 0.6) is 11.5 Å². The number of aromatic hydroxyl groups is 2. The van der Waals surface area contributed by atoms with Gasteiger partial charge in [-0.3, -0.25) is 0 Å². The number of rotatable bonds is 5. The molecule has 0 spiro atoms. The fourth-order valence-corrected chi connectivity index (χ4v) is 3.86. The molecule has 2 N–H and O–H groups in total. The summed E-state index contributed by atoms with van der Waals surface area (Å²) in [6, 6.07) is 8.40. The van der Waals surface area contributed by atoms with Crippen LogP contribution in [0.1, 0.15) is 87.8 Å². The quantitative estimate of drug-likeness (QED) is 0.554. The highest BCUT2D eigenvalue weighted by Gasteiger charge is 2.22. The summed E-state index contributed by atoms with van der Waals surface area (Å²) in [5.74, 6) is 0.901. The Morgan fingerprint density at radius 2 is 0.929 bits per heavy atom. The minimum Gasteiger partial charge on any atom is -0.507 e. The predicted molar refractivity (Wildman–Crippen MR) is 120 cm³/mol. The van der Waals surface area contributed by atoms with Gasteiger partial charge >= 0.3 is 0 Å². The van der Waals surface area contributed by atoms with Crippen LogP contribution >= 0.6 is 0 Å². The van der Waals surface area contributed by atoms with Crippen LogP contribution in [0.15, 0.2) is 24.3 Å². The molecule has 0 saturated heterocycles. The van der Waals surface area contributed by atoms with Gasteiger partial charge < -0.3 is 10.2 Å². The molecule has 2 aromatic rings. The zero-order valence-electron chi connectivity index (χ0n) is 19.0. The Balaban J connectivity index is 2.10. The Bertz CT molecular complexity index is 761. The maximum absolute atomic E-state index is 10.7. The van der Waals surface area contributed by atoms with Crippen LogP contribution < -0.4 is 0 Å². The van der Waals surface area contributed by atoms with Crippen LogP contribution in [0.25, 0.3) is 0 Å². The zero-order chi connectivity index (χ0) is 21.3. The van der Waals surface area contributed by atoms with Gasteiger partial charge in [0.2, 0.25) is 0 Å². The Labute approximate surface area is 171 Å². The molecule has 0 amide bonds. The van der Waals surface area contributed by atoms with Gasteiger partial charge in [0.15, 0.2) is 0 Å². The fourth-order valence-electron chi connectivity index (χ4n) is 3.86. The summed E-state index contributed by atoms with van der Waals surface area (Å²) >= 11 is 0. The molecule has 28 heavy (non-hydrogen) atoms. The van der Waals surface area contributed by atoms with Gasteiger partial charge in [-0.05, 0) is 72.6 Å². The fraction of sp³-hybridized carbons (Fsp3) is 0.538. The molecule has 0 atom stereocenters. The lowest BCUT2D eigenvalue weighted by molar-refractivity contribution is 0.435. The number of phenols is 2. The van der Waals surface area contributed by atoms with Gasteiger partial charge in [-0.25, -0.2) is 0 Å². The molecule has 154 valence electrons. The number of hydrogen-bond donors (Lipinski definition) is 2. The van der Waals surface area contributed by atoms with Crippen molar-refractivity contribution in [2.75, 3.05) is 0 Å². The molecule has 0 aromatic heterocycles. The summed E-state index contributed by atoms with van der Waals surface area (Å²) in [4.78, 5) is 0. The largest absolute Gasteiger partial charge is 0.507 e. The lowest BCUT2D eigenvalue weighted by atomic mass is 9.83. The third-order valence-corrected chi connectivity index (χ3v) is 5.42. The van der Waals surface area contributed by atoms with E-state index in [9.17, 15) is 10.2 Å². The van der Waals surface area contributed by atoms with E-state index in [2.05, 4.69) is 79.7 Å². The van der Waals surface area contributed by atoms with Crippen molar-refractivity contribution >= 4 is 0 Å². The summed E-state index contributed by atoms with van der Waals surface area (Å²) in [6.45, 7) is 17.0. The van der Waals surface area contributed by atoms with E-state index in [1.807, 2.05) is 0 Å². The maximum atomic E-state index is 10.7. The van der Waals surface area contributed by atoms with E-state index in [1.54, 1.807) is 0 Å². The molecule has 2 nitrogen and oxygen atoms in total. The first-order chi connectivity index (χ1) is 12.8. The van der Waals surface area contributed by atoms with Crippen molar-refractivity contribution < 1.29 is 10.2 Å². The minimum atomic E-state index is -0.0679. The maximum Gasteiger partial charge on any atom is 0.122 e. The van der Waals surface area contributed by atoms with Gasteiger partial charge in [0.25, 0.3) is 0 Å². The van der Waals surface area contributed by atoms with Crippen LogP contribution in [-0.4, -0.2) is 10.2 Å². The van der Waals surface area contributed by atoms with Gasteiger partial charge in [0.1, 0.15) is 11.5 Å². The topological polar surface area (TPSA) is 40.5 Å². The summed E-state index contributed by atoms with van der Waals surface area (Å²) in [5, 5.41) is 21.5. The second-order valence-electron chi connectivity index (χ2n) is 10.3. The standard InChI is InChI=1S/C26H38O2/c1-17-13-19(23(27)21(15-17)25(3,4)5)11-9-10-12-20-14-18(2)16-22(24(20)28)26(6,7)8/h13-16,27-28H,9-12H2,1-8H3. The van der Waals surface area contributed by atoms with Crippen LogP contribution in [0.4, 0.5) is 0 Å². The molecule has 2 aromatic carbocycles. The van der Waals surface area contributed by atoms with E-state index in [1.165, 1.54) is 11.1 Å². The summed E-state index contributed by atoms with van der Waals surface area (Å²) in [6.07, 6.45) is 3.68. The van der Waals surface area contributed by atoms with Gasteiger partial charge in [-0.15, -0.1) is 0 Å². The van der Waals surface area contributed by atoms with E-state index in [-0.39, 0.29) is 10.8 Å². The number of unbranched alkanes of at least 4 members (excludes halogenated alkanes) is 1. The van der Waals surface area contributed by atoms with Gasteiger partial charge in [0, 0.05) is 0 Å². The summed E-state index contributed by atoms with van der Waals surface area (Å²) in [7, 11) is 0. The van der Waals surface area contributed by atoms with Crippen molar-refractivity contribution in [3.8, 4) is 11.5 Å². The van der Waals surface area contributed by atoms with Crippen molar-refractivity contribution in [1.82, 2.24) is 0 Å². The molecule has 0 heterocycles. The predicted octanol–water partition coefficient (Wildman–Crippen LogP) is 6.88. The lowest BCUT2D eigenvalue weighted by Gasteiger charge is -2.23. The molecule has 0 aliphatic rings. The van der Waals surface area contributed by atoms with E-state index in [4.69, 9.17) is 0 Å². The Hall–Kier alpha value is -1.96. The van der Waals surface area contributed by atoms with Gasteiger partial charge in [0.05, 0.1) is 0 Å². The molecule has 0 bridgehead atoms. The molecule has 0 unspecified atom stereocenters. The van der Waals surface area contributed by atoms with Crippen LogP contribution in [0.3, 0.4) is 0 Å². The molecule has 0 aliphatic carbocycles. The van der Waals surface area contributed by atoms with Crippen molar-refractivity contribution in [3.05, 3.63) is 57.6 Å². The second kappa shape index (κ2) is 8.19. The summed E-state index contributed by atoms with van der Waals surface area (Å²) < 4.78 is 0. The average molecular weight is 383 g/mol. The van der Waals surface area contributed by atoms with Crippen molar-refractivity contribution in [2.45, 2.75) is 91.9 Å². The zero-order valence-corrected chi connectivity index (χ0v) is 19.0. The van der Waals surface area contributed by atoms with E-state index < -0.39 is 0 Å². The number of benzene rings is 2. The normalized spacial score (nSPS) is 12.4. The van der Waals surface area contributed by atoms with Crippen LogP contribution in [0, 0.1) is 13.8 Å². The molecule has 0 aliphatic heterocycles. The highest BCUT2D eigenvalue weighted by atomic mass is 16.3. The molecular formula is C26H38O2. The van der Waals surface area contributed by atoms with E-state index >= 15 is 0 Å². The SMILES string of the molecule is Cc1cc(CCCCc2cc(C)cc(C(C)(C)C)c2O)c(O)c(C(C)(C)C)c1. The number of phenolic OH excluding ortho intramolecular Hbond substituents is 2. The van der Waals surface area contributed by atoms with E-state index in [0.717, 1.165) is 47.9 Å². The highest BCUT2D eigenvalue weighted by Crippen LogP contribution is 2.36. The van der Waals surface area contributed by atoms with Crippen LogP contribution in [0.2, 0.25) is 0 Å². The first-order valence-corrected chi connectivity index (χ1v) is 10.5. The van der Waals surface area contributed by atoms with Crippen LogP contribution in [-0.2, 0) is 23.7 Å². The molecule has 2 rings (SSSR count). The Kier molecular flexibility index (Phi) is 6.53. The second-order valence-corrected chi connectivity index (χ2v) is 10.3. The number of aryl methyl sites for hydroxylation is 4. The molecule has 2 heteroatoms. The molecule has 0 fully saturated rings. The smallest absolute Gasteiger partial charge is 0.122 e. The average Bonchev–Trinajstić information content (AvgIpc) is 2.54. The third kappa shape index (κ3) is 5.31. The monoisotopic (exact) mass is 382 g/mol. The first kappa shape index (κ1) is 22.3. The Morgan fingerprint density at radius 1 is 0.607 bits per heavy atom. The Morgan fingerprint density at radius 3 is 1.21 bits per heavy atom. The highest BCUT2D eigenvalue weighted by molar-refractivity contribution is 5.48. The first-order valence-electron chi connectivity index (χ1n) is 10.5. The lowest BCUT2D eigenvalue weighted by Crippen LogP contribution is -2.13. The molecule has 0 radical (unpaired) electrons. The van der Waals surface area contributed by atoms with Gasteiger partial charge in [-0.1, -0.05) is 76.9 Å². The molecular weight excluding hydrogens is 344 g/mol. The van der Waals surface area contributed by atoms with Crippen molar-refractivity contribution in [2.24, 2.45) is 0 Å². The van der Waals surface area contributed by atoms with Crippen molar-refractivity contribution in [3.63, 3.8) is 0 Å². The third-order valence-electron chi connectivity index (χ3n) is 5.42. The minimum absolute atomic E-state index is 0.0679. The van der Waals surface area contributed by atoms with Crippen molar-refractivity contribution in [1.29, 1.82) is 0 Å².